The SMILES string of the molecule is C=C(C)OC(=O)Oc1ccc(C(=O)Oc2ccc(C(=O)Oc3ccc(C)cc3)c(C)c2)cc1. The summed E-state index contributed by atoms with van der Waals surface area (Å²) in [7, 11) is 0. The second kappa shape index (κ2) is 10.3. The van der Waals surface area contributed by atoms with Gasteiger partial charge in [-0.05, 0) is 80.9 Å². The van der Waals surface area contributed by atoms with Gasteiger partial charge in [0.15, 0.2) is 0 Å². The zero-order valence-electron chi connectivity index (χ0n) is 18.4. The summed E-state index contributed by atoms with van der Waals surface area (Å²) in [6.07, 6.45) is -0.922. The Morgan fingerprint density at radius 3 is 1.85 bits per heavy atom. The first-order valence-corrected chi connectivity index (χ1v) is 9.98. The van der Waals surface area contributed by atoms with Crippen molar-refractivity contribution in [2.75, 3.05) is 0 Å². The van der Waals surface area contributed by atoms with E-state index < -0.39 is 18.1 Å². The van der Waals surface area contributed by atoms with Gasteiger partial charge in [-0.3, -0.25) is 0 Å². The summed E-state index contributed by atoms with van der Waals surface area (Å²) in [6, 6.07) is 17.6. The molecule has 0 heterocycles. The minimum absolute atomic E-state index is 0.199. The zero-order chi connectivity index (χ0) is 24.0. The van der Waals surface area contributed by atoms with E-state index in [-0.39, 0.29) is 22.8 Å². The molecule has 0 spiro atoms. The molecule has 168 valence electrons. The quantitative estimate of drug-likeness (QED) is 0.205. The number of benzene rings is 3. The third kappa shape index (κ3) is 6.54. The summed E-state index contributed by atoms with van der Waals surface area (Å²) in [6.45, 7) is 8.63. The molecule has 3 aromatic rings. The van der Waals surface area contributed by atoms with E-state index >= 15 is 0 Å². The largest absolute Gasteiger partial charge is 0.519 e. The Morgan fingerprint density at radius 2 is 1.24 bits per heavy atom. The monoisotopic (exact) mass is 446 g/mol. The van der Waals surface area contributed by atoms with Crippen molar-refractivity contribution in [2.24, 2.45) is 0 Å². The molecule has 0 N–H and O–H groups in total. The molecule has 0 unspecified atom stereocenters. The molecule has 0 amide bonds. The van der Waals surface area contributed by atoms with Gasteiger partial charge in [0.2, 0.25) is 0 Å². The fourth-order valence-electron chi connectivity index (χ4n) is 2.78. The average molecular weight is 446 g/mol. The molecule has 7 heteroatoms. The number of esters is 2. The van der Waals surface area contributed by atoms with E-state index in [4.69, 9.17) is 18.9 Å². The first kappa shape index (κ1) is 23.3. The van der Waals surface area contributed by atoms with Gasteiger partial charge in [-0.1, -0.05) is 24.3 Å². The number of carbonyl (C=O) groups excluding carboxylic acids is 3. The summed E-state index contributed by atoms with van der Waals surface area (Å²) >= 11 is 0. The molecule has 33 heavy (non-hydrogen) atoms. The lowest BCUT2D eigenvalue weighted by Crippen LogP contribution is -2.12. The van der Waals surface area contributed by atoms with E-state index in [0.29, 0.717) is 16.9 Å². The number of carbonyl (C=O) groups is 3. The number of aryl methyl sites for hydroxylation is 2. The Hall–Kier alpha value is -4.39. The Labute approximate surface area is 191 Å². The molecule has 0 atom stereocenters. The van der Waals surface area contributed by atoms with Crippen LogP contribution >= 0.6 is 0 Å². The molecule has 0 saturated carbocycles. The molecule has 0 aliphatic heterocycles. The molecule has 0 aliphatic carbocycles. The van der Waals surface area contributed by atoms with E-state index in [1.165, 1.54) is 37.3 Å². The van der Waals surface area contributed by atoms with E-state index in [1.54, 1.807) is 31.2 Å². The first-order chi connectivity index (χ1) is 15.7. The van der Waals surface area contributed by atoms with Crippen LogP contribution in [-0.4, -0.2) is 18.1 Å². The van der Waals surface area contributed by atoms with Crippen molar-refractivity contribution >= 4 is 18.1 Å². The lowest BCUT2D eigenvalue weighted by molar-refractivity contribution is 0.0730. The Balaban J connectivity index is 1.62. The van der Waals surface area contributed by atoms with Gasteiger partial charge in [0.1, 0.15) is 23.0 Å². The Morgan fingerprint density at radius 1 is 0.697 bits per heavy atom. The lowest BCUT2D eigenvalue weighted by atomic mass is 10.1. The molecule has 0 fully saturated rings. The van der Waals surface area contributed by atoms with Crippen LogP contribution in [0.5, 0.6) is 17.2 Å². The maximum Gasteiger partial charge on any atom is 0.519 e. The second-order valence-electron chi connectivity index (χ2n) is 7.25. The number of hydrogen-bond acceptors (Lipinski definition) is 7. The van der Waals surface area contributed by atoms with Gasteiger partial charge in [0.05, 0.1) is 11.1 Å². The van der Waals surface area contributed by atoms with Crippen molar-refractivity contribution < 1.29 is 33.3 Å². The predicted octanol–water partition coefficient (Wildman–Crippen LogP) is 5.79. The number of hydrogen-bond donors (Lipinski definition) is 0. The highest BCUT2D eigenvalue weighted by Gasteiger charge is 2.15. The molecule has 0 aliphatic rings. The van der Waals surface area contributed by atoms with Crippen LogP contribution in [0.15, 0.2) is 79.1 Å². The van der Waals surface area contributed by atoms with Crippen LogP contribution in [-0.2, 0) is 4.74 Å². The highest BCUT2D eigenvalue weighted by atomic mass is 16.7. The fourth-order valence-corrected chi connectivity index (χ4v) is 2.78. The van der Waals surface area contributed by atoms with Gasteiger partial charge in [0.25, 0.3) is 0 Å². The van der Waals surface area contributed by atoms with Crippen LogP contribution in [0.4, 0.5) is 4.79 Å². The summed E-state index contributed by atoms with van der Waals surface area (Å²) in [5, 5.41) is 0. The molecule has 3 rings (SSSR count). The average Bonchev–Trinajstić information content (AvgIpc) is 2.75. The molecule has 0 saturated heterocycles. The molecular formula is C26H22O7. The Kier molecular flexibility index (Phi) is 7.25. The van der Waals surface area contributed by atoms with Crippen molar-refractivity contribution in [3.05, 3.63) is 101 Å². The first-order valence-electron chi connectivity index (χ1n) is 9.98. The van der Waals surface area contributed by atoms with Crippen LogP contribution in [0.25, 0.3) is 0 Å². The normalized spacial score (nSPS) is 10.2. The molecule has 0 aromatic heterocycles. The summed E-state index contributed by atoms with van der Waals surface area (Å²) in [4.78, 5) is 36.4. The van der Waals surface area contributed by atoms with E-state index in [2.05, 4.69) is 6.58 Å². The van der Waals surface area contributed by atoms with Crippen molar-refractivity contribution in [3.63, 3.8) is 0 Å². The number of allylic oxidation sites excluding steroid dienone is 1. The van der Waals surface area contributed by atoms with E-state index in [9.17, 15) is 14.4 Å². The lowest BCUT2D eigenvalue weighted by Gasteiger charge is -2.10. The van der Waals surface area contributed by atoms with Crippen LogP contribution in [0.2, 0.25) is 0 Å². The van der Waals surface area contributed by atoms with Crippen molar-refractivity contribution in [1.82, 2.24) is 0 Å². The van der Waals surface area contributed by atoms with Gasteiger partial charge < -0.3 is 18.9 Å². The fraction of sp³-hybridized carbons (Fsp3) is 0.115. The highest BCUT2D eigenvalue weighted by molar-refractivity contribution is 5.94. The third-order valence-corrected chi connectivity index (χ3v) is 4.41. The summed E-state index contributed by atoms with van der Waals surface area (Å²) in [5.41, 5.74) is 2.26. The van der Waals surface area contributed by atoms with Crippen LogP contribution in [0.3, 0.4) is 0 Å². The number of rotatable bonds is 6. The number of ether oxygens (including phenoxy) is 4. The molecule has 0 radical (unpaired) electrons. The Bertz CT molecular complexity index is 1190. The van der Waals surface area contributed by atoms with Gasteiger partial charge in [0, 0.05) is 0 Å². The standard InChI is InChI=1S/C26H22O7/c1-16(2)30-26(29)33-21-11-7-19(8-12-21)24(27)32-22-13-14-23(18(4)15-22)25(28)31-20-9-5-17(3)6-10-20/h5-15H,1H2,2-4H3. The minimum atomic E-state index is -0.922. The molecular weight excluding hydrogens is 424 g/mol. The van der Waals surface area contributed by atoms with Gasteiger partial charge >= 0.3 is 18.1 Å². The van der Waals surface area contributed by atoms with Gasteiger partial charge in [-0.2, -0.15) is 0 Å². The summed E-state index contributed by atoms with van der Waals surface area (Å²) in [5.74, 6) is 0.000939. The molecule has 7 nitrogen and oxygen atoms in total. The maximum atomic E-state index is 12.5. The van der Waals surface area contributed by atoms with E-state index in [0.717, 1.165) is 5.56 Å². The van der Waals surface area contributed by atoms with Crippen LogP contribution in [0.1, 0.15) is 38.8 Å². The van der Waals surface area contributed by atoms with Gasteiger partial charge in [-0.15, -0.1) is 0 Å². The van der Waals surface area contributed by atoms with Crippen molar-refractivity contribution in [3.8, 4) is 17.2 Å². The molecule has 0 bridgehead atoms. The predicted molar refractivity (Wildman–Crippen MR) is 121 cm³/mol. The highest BCUT2D eigenvalue weighted by Crippen LogP contribution is 2.22. The van der Waals surface area contributed by atoms with Crippen molar-refractivity contribution in [1.29, 1.82) is 0 Å². The van der Waals surface area contributed by atoms with Crippen molar-refractivity contribution in [2.45, 2.75) is 20.8 Å². The van der Waals surface area contributed by atoms with Gasteiger partial charge in [-0.25, -0.2) is 14.4 Å². The minimum Gasteiger partial charge on any atom is -0.423 e. The second-order valence-corrected chi connectivity index (χ2v) is 7.25. The third-order valence-electron chi connectivity index (χ3n) is 4.41. The van der Waals surface area contributed by atoms with E-state index in [1.807, 2.05) is 19.1 Å². The van der Waals surface area contributed by atoms with Crippen LogP contribution in [0, 0.1) is 13.8 Å². The topological polar surface area (TPSA) is 88.1 Å². The molecule has 3 aromatic carbocycles. The maximum absolute atomic E-state index is 12.5. The van der Waals surface area contributed by atoms with Crippen LogP contribution < -0.4 is 14.2 Å². The zero-order valence-corrected chi connectivity index (χ0v) is 18.4. The summed E-state index contributed by atoms with van der Waals surface area (Å²) < 4.78 is 20.4. The smallest absolute Gasteiger partial charge is 0.423 e.